The summed E-state index contributed by atoms with van der Waals surface area (Å²) >= 11 is 0. The van der Waals surface area contributed by atoms with Crippen molar-refractivity contribution in [2.24, 2.45) is 0 Å². The Morgan fingerprint density at radius 3 is 2.74 bits per heavy atom. The van der Waals surface area contributed by atoms with E-state index >= 15 is 0 Å². The van der Waals surface area contributed by atoms with E-state index in [-0.39, 0.29) is 19.2 Å². The molecule has 19 heavy (non-hydrogen) atoms. The maximum atomic E-state index is 11.7. The number of benzene rings is 2. The van der Waals surface area contributed by atoms with Crippen LogP contribution >= 0.6 is 0 Å². The number of hydrogen-bond acceptors (Lipinski definition) is 2. The van der Waals surface area contributed by atoms with Gasteiger partial charge in [0.25, 0.3) is 0 Å². The first kappa shape index (κ1) is 12.0. The number of rotatable bonds is 3. The Morgan fingerprint density at radius 1 is 1.16 bits per heavy atom. The molecule has 98 valence electrons. The first-order chi connectivity index (χ1) is 9.29. The molecular formula is C15H16N2O2. The summed E-state index contributed by atoms with van der Waals surface area (Å²) in [5.41, 5.74) is 3.52. The van der Waals surface area contributed by atoms with Crippen LogP contribution in [0.3, 0.4) is 0 Å². The van der Waals surface area contributed by atoms with Crippen LogP contribution in [-0.2, 0) is 12.8 Å². The first-order valence-corrected chi connectivity index (χ1v) is 6.49. The van der Waals surface area contributed by atoms with Gasteiger partial charge >= 0.3 is 6.03 Å². The van der Waals surface area contributed by atoms with Crippen molar-refractivity contribution in [3.63, 3.8) is 0 Å². The SMILES string of the molecule is O=C(NCCO)Nc1ccc2c3c(cccc13)CC2. The monoisotopic (exact) mass is 256 g/mol. The number of urea groups is 1. The number of aliphatic hydroxyl groups excluding tert-OH is 1. The quantitative estimate of drug-likeness (QED) is 0.787. The molecule has 0 atom stereocenters. The van der Waals surface area contributed by atoms with Gasteiger partial charge in [-0.05, 0) is 35.4 Å². The molecule has 3 N–H and O–H groups in total. The number of carbonyl (C=O) groups excluding carboxylic acids is 1. The molecule has 2 aromatic carbocycles. The molecule has 1 aliphatic rings. The van der Waals surface area contributed by atoms with Gasteiger partial charge < -0.3 is 15.7 Å². The van der Waals surface area contributed by atoms with Gasteiger partial charge in [0.15, 0.2) is 0 Å². The Kier molecular flexibility index (Phi) is 3.09. The third-order valence-electron chi connectivity index (χ3n) is 3.52. The van der Waals surface area contributed by atoms with Crippen LogP contribution < -0.4 is 10.6 Å². The topological polar surface area (TPSA) is 61.4 Å². The van der Waals surface area contributed by atoms with E-state index in [4.69, 9.17) is 5.11 Å². The molecule has 0 aliphatic heterocycles. The summed E-state index contributed by atoms with van der Waals surface area (Å²) in [7, 11) is 0. The highest BCUT2D eigenvalue weighted by Crippen LogP contribution is 2.34. The van der Waals surface area contributed by atoms with Crippen LogP contribution in [0.15, 0.2) is 30.3 Å². The zero-order valence-corrected chi connectivity index (χ0v) is 10.6. The van der Waals surface area contributed by atoms with Crippen LogP contribution in [-0.4, -0.2) is 24.3 Å². The fourth-order valence-electron chi connectivity index (χ4n) is 2.69. The van der Waals surface area contributed by atoms with Crippen molar-refractivity contribution in [2.75, 3.05) is 18.5 Å². The van der Waals surface area contributed by atoms with Gasteiger partial charge in [-0.1, -0.05) is 24.3 Å². The third kappa shape index (κ3) is 2.15. The highest BCUT2D eigenvalue weighted by Gasteiger charge is 2.16. The summed E-state index contributed by atoms with van der Waals surface area (Å²) < 4.78 is 0. The Labute approximate surface area is 111 Å². The van der Waals surface area contributed by atoms with Gasteiger partial charge in [0.2, 0.25) is 0 Å². The Hall–Kier alpha value is -2.07. The fourth-order valence-corrected chi connectivity index (χ4v) is 2.69. The van der Waals surface area contributed by atoms with Crippen molar-refractivity contribution < 1.29 is 9.90 Å². The van der Waals surface area contributed by atoms with Crippen LogP contribution in [0, 0.1) is 0 Å². The molecule has 4 nitrogen and oxygen atoms in total. The Bertz CT molecular complexity index is 627. The highest BCUT2D eigenvalue weighted by atomic mass is 16.3. The number of carbonyl (C=O) groups is 1. The second kappa shape index (κ2) is 4.90. The standard InChI is InChI=1S/C15H16N2O2/c18-9-8-16-15(19)17-13-7-6-11-5-4-10-2-1-3-12(13)14(10)11/h1-3,6-7,18H,4-5,8-9H2,(H2,16,17,19). The maximum absolute atomic E-state index is 11.7. The molecule has 3 rings (SSSR count). The van der Waals surface area contributed by atoms with Crippen molar-refractivity contribution in [3.05, 3.63) is 41.5 Å². The van der Waals surface area contributed by atoms with Crippen molar-refractivity contribution in [1.29, 1.82) is 0 Å². The number of anilines is 1. The van der Waals surface area contributed by atoms with Crippen molar-refractivity contribution >= 4 is 22.5 Å². The molecule has 0 spiro atoms. The molecule has 0 saturated heterocycles. The van der Waals surface area contributed by atoms with Gasteiger partial charge in [-0.25, -0.2) is 4.79 Å². The van der Waals surface area contributed by atoms with E-state index in [2.05, 4.69) is 22.8 Å². The zero-order valence-electron chi connectivity index (χ0n) is 10.6. The number of nitrogens with one attached hydrogen (secondary N) is 2. The number of amides is 2. The van der Waals surface area contributed by atoms with Crippen LogP contribution in [0.2, 0.25) is 0 Å². The lowest BCUT2D eigenvalue weighted by Crippen LogP contribution is -2.31. The average molecular weight is 256 g/mol. The molecule has 0 unspecified atom stereocenters. The lowest BCUT2D eigenvalue weighted by Gasteiger charge is -2.11. The Balaban J connectivity index is 1.95. The second-order valence-corrected chi connectivity index (χ2v) is 4.72. The highest BCUT2D eigenvalue weighted by molar-refractivity contribution is 6.04. The number of hydrogen-bond donors (Lipinski definition) is 3. The molecule has 0 saturated carbocycles. The summed E-state index contributed by atoms with van der Waals surface area (Å²) in [5, 5.41) is 16.5. The minimum Gasteiger partial charge on any atom is -0.395 e. The van der Waals surface area contributed by atoms with E-state index in [1.54, 1.807) is 0 Å². The van der Waals surface area contributed by atoms with Crippen LogP contribution in [0.25, 0.3) is 10.8 Å². The minimum atomic E-state index is -0.284. The third-order valence-corrected chi connectivity index (χ3v) is 3.52. The lowest BCUT2D eigenvalue weighted by atomic mass is 10.0. The Morgan fingerprint density at radius 2 is 1.95 bits per heavy atom. The average Bonchev–Trinajstić information content (AvgIpc) is 2.85. The van der Waals surface area contributed by atoms with Gasteiger partial charge in [0, 0.05) is 11.9 Å². The van der Waals surface area contributed by atoms with Crippen LogP contribution in [0.4, 0.5) is 10.5 Å². The van der Waals surface area contributed by atoms with E-state index in [0.29, 0.717) is 0 Å². The summed E-state index contributed by atoms with van der Waals surface area (Å²) in [5.74, 6) is 0. The van der Waals surface area contributed by atoms with Gasteiger partial charge in [0.05, 0.1) is 12.3 Å². The van der Waals surface area contributed by atoms with Gasteiger partial charge in [-0.2, -0.15) is 0 Å². The van der Waals surface area contributed by atoms with E-state index in [1.807, 2.05) is 18.2 Å². The smallest absolute Gasteiger partial charge is 0.319 e. The fraction of sp³-hybridized carbons (Fsp3) is 0.267. The van der Waals surface area contributed by atoms with Crippen molar-refractivity contribution in [2.45, 2.75) is 12.8 Å². The molecule has 0 aromatic heterocycles. The first-order valence-electron chi connectivity index (χ1n) is 6.49. The van der Waals surface area contributed by atoms with Gasteiger partial charge in [-0.15, -0.1) is 0 Å². The molecular weight excluding hydrogens is 240 g/mol. The van der Waals surface area contributed by atoms with Crippen LogP contribution in [0.5, 0.6) is 0 Å². The summed E-state index contributed by atoms with van der Waals surface area (Å²) in [6.45, 7) is 0.199. The second-order valence-electron chi connectivity index (χ2n) is 4.72. The number of aliphatic hydroxyl groups is 1. The molecule has 2 amide bonds. The van der Waals surface area contributed by atoms with E-state index < -0.39 is 0 Å². The largest absolute Gasteiger partial charge is 0.395 e. The molecule has 4 heteroatoms. The molecule has 1 aliphatic carbocycles. The lowest BCUT2D eigenvalue weighted by molar-refractivity contribution is 0.245. The van der Waals surface area contributed by atoms with E-state index in [1.165, 1.54) is 16.5 Å². The maximum Gasteiger partial charge on any atom is 0.319 e. The molecule has 0 bridgehead atoms. The normalized spacial score (nSPS) is 12.7. The predicted molar refractivity (Wildman–Crippen MR) is 75.5 cm³/mol. The summed E-state index contributed by atoms with van der Waals surface area (Å²) in [4.78, 5) is 11.7. The van der Waals surface area contributed by atoms with Crippen LogP contribution in [0.1, 0.15) is 11.1 Å². The predicted octanol–water partition coefficient (Wildman–Crippen LogP) is 2.05. The van der Waals surface area contributed by atoms with Crippen molar-refractivity contribution in [1.82, 2.24) is 5.32 Å². The van der Waals surface area contributed by atoms with E-state index in [9.17, 15) is 4.79 Å². The van der Waals surface area contributed by atoms with Crippen molar-refractivity contribution in [3.8, 4) is 0 Å². The summed E-state index contributed by atoms with van der Waals surface area (Å²) in [6.07, 6.45) is 2.15. The van der Waals surface area contributed by atoms with Gasteiger partial charge in [-0.3, -0.25) is 0 Å². The molecule has 0 heterocycles. The summed E-state index contributed by atoms with van der Waals surface area (Å²) in [6, 6.07) is 9.96. The van der Waals surface area contributed by atoms with E-state index in [0.717, 1.165) is 23.9 Å². The van der Waals surface area contributed by atoms with Gasteiger partial charge in [0.1, 0.15) is 0 Å². The molecule has 0 radical (unpaired) electrons. The zero-order chi connectivity index (χ0) is 13.2. The molecule has 0 fully saturated rings. The minimum absolute atomic E-state index is 0.0583. The molecule has 2 aromatic rings. The number of aryl methyl sites for hydroxylation is 2.